The van der Waals surface area contributed by atoms with E-state index >= 15 is 0 Å². The molecule has 0 saturated carbocycles. The zero-order valence-electron chi connectivity index (χ0n) is 12.3. The van der Waals surface area contributed by atoms with Gasteiger partial charge in [-0.1, -0.05) is 26.7 Å². The third-order valence-corrected chi connectivity index (χ3v) is 4.53. The summed E-state index contributed by atoms with van der Waals surface area (Å²) in [5, 5.41) is 9.06. The summed E-state index contributed by atoms with van der Waals surface area (Å²) < 4.78 is 26.8. The Morgan fingerprint density at radius 3 is 2.57 bits per heavy atom. The van der Waals surface area contributed by atoms with Crippen LogP contribution in [0, 0.1) is 5.92 Å². The van der Waals surface area contributed by atoms with E-state index in [1.54, 1.807) is 0 Å². The van der Waals surface area contributed by atoms with Crippen molar-refractivity contribution in [2.24, 2.45) is 5.92 Å². The molecule has 0 amide bonds. The molecule has 0 spiro atoms. The second kappa shape index (κ2) is 7.42. The SMILES string of the molecule is CC(C)CCCCNS(=O)(=O)c1cc(N)ccc1C(=O)O. The smallest absolute Gasteiger partial charge is 0.337 e. The third-order valence-electron chi connectivity index (χ3n) is 3.03. The molecule has 7 heteroatoms. The lowest BCUT2D eigenvalue weighted by Gasteiger charge is -2.10. The maximum Gasteiger partial charge on any atom is 0.337 e. The summed E-state index contributed by atoms with van der Waals surface area (Å²) in [6.45, 7) is 4.50. The summed E-state index contributed by atoms with van der Waals surface area (Å²) in [6.07, 6.45) is 2.66. The molecule has 0 fully saturated rings. The van der Waals surface area contributed by atoms with Gasteiger partial charge in [0.1, 0.15) is 0 Å². The van der Waals surface area contributed by atoms with Crippen molar-refractivity contribution in [3.05, 3.63) is 23.8 Å². The highest BCUT2D eigenvalue weighted by molar-refractivity contribution is 7.89. The monoisotopic (exact) mass is 314 g/mol. The Bertz CT molecular complexity index is 597. The van der Waals surface area contributed by atoms with Gasteiger partial charge in [-0.15, -0.1) is 0 Å². The first kappa shape index (κ1) is 17.5. The van der Waals surface area contributed by atoms with Crippen LogP contribution < -0.4 is 10.5 Å². The van der Waals surface area contributed by atoms with Crippen LogP contribution in [0.25, 0.3) is 0 Å². The number of nitrogens with two attached hydrogens (primary N) is 1. The predicted molar refractivity (Wildman–Crippen MR) is 81.7 cm³/mol. The zero-order chi connectivity index (χ0) is 16.0. The minimum atomic E-state index is -3.87. The van der Waals surface area contributed by atoms with Crippen LogP contribution in [0.5, 0.6) is 0 Å². The molecule has 0 saturated heterocycles. The van der Waals surface area contributed by atoms with E-state index in [4.69, 9.17) is 10.8 Å². The van der Waals surface area contributed by atoms with Gasteiger partial charge < -0.3 is 10.8 Å². The van der Waals surface area contributed by atoms with E-state index in [-0.39, 0.29) is 22.7 Å². The standard InChI is InChI=1S/C14H22N2O4S/c1-10(2)5-3-4-8-16-21(19,20)13-9-11(15)6-7-12(13)14(17)18/h6-7,9-10,16H,3-5,8,15H2,1-2H3,(H,17,18). The van der Waals surface area contributed by atoms with Crippen LogP contribution in [0.4, 0.5) is 5.69 Å². The van der Waals surface area contributed by atoms with Gasteiger partial charge >= 0.3 is 5.97 Å². The van der Waals surface area contributed by atoms with Crippen molar-refractivity contribution in [2.45, 2.75) is 38.0 Å². The van der Waals surface area contributed by atoms with Gasteiger partial charge in [0.05, 0.1) is 10.5 Å². The lowest BCUT2D eigenvalue weighted by Crippen LogP contribution is -2.26. The number of carboxylic acids is 1. The molecule has 1 rings (SSSR count). The molecular formula is C14H22N2O4S. The van der Waals surface area contributed by atoms with Crippen molar-refractivity contribution < 1.29 is 18.3 Å². The molecule has 21 heavy (non-hydrogen) atoms. The second-order valence-electron chi connectivity index (χ2n) is 5.35. The number of hydrogen-bond donors (Lipinski definition) is 3. The number of carbonyl (C=O) groups is 1. The Morgan fingerprint density at radius 1 is 1.33 bits per heavy atom. The average molecular weight is 314 g/mol. The molecule has 0 atom stereocenters. The summed E-state index contributed by atoms with van der Waals surface area (Å²) >= 11 is 0. The highest BCUT2D eigenvalue weighted by atomic mass is 32.2. The lowest BCUT2D eigenvalue weighted by atomic mass is 10.1. The quantitative estimate of drug-likeness (QED) is 0.502. The van der Waals surface area contributed by atoms with Crippen molar-refractivity contribution >= 4 is 21.7 Å². The number of rotatable bonds is 8. The Balaban J connectivity index is 2.79. The van der Waals surface area contributed by atoms with Crippen LogP contribution >= 0.6 is 0 Å². The molecule has 0 aromatic heterocycles. The number of hydrogen-bond acceptors (Lipinski definition) is 4. The van der Waals surface area contributed by atoms with Gasteiger partial charge in [-0.2, -0.15) is 0 Å². The lowest BCUT2D eigenvalue weighted by molar-refractivity contribution is 0.0692. The number of anilines is 1. The summed E-state index contributed by atoms with van der Waals surface area (Å²) in [5.41, 5.74) is 5.48. The number of aromatic carboxylic acids is 1. The van der Waals surface area contributed by atoms with Crippen LogP contribution in [-0.2, 0) is 10.0 Å². The highest BCUT2D eigenvalue weighted by Gasteiger charge is 2.22. The Labute approximate surface area is 125 Å². The molecule has 4 N–H and O–H groups in total. The van der Waals surface area contributed by atoms with Gasteiger partial charge in [0.2, 0.25) is 10.0 Å². The number of nitrogens with one attached hydrogen (secondary N) is 1. The number of carboxylic acid groups (broad SMARTS) is 1. The second-order valence-corrected chi connectivity index (χ2v) is 7.08. The first-order valence-electron chi connectivity index (χ1n) is 6.86. The molecular weight excluding hydrogens is 292 g/mol. The van der Waals surface area contributed by atoms with Crippen LogP contribution in [0.3, 0.4) is 0 Å². The molecule has 0 unspecified atom stereocenters. The fourth-order valence-electron chi connectivity index (χ4n) is 1.90. The summed E-state index contributed by atoms with van der Waals surface area (Å²) in [4.78, 5) is 10.8. The fraction of sp³-hybridized carbons (Fsp3) is 0.500. The molecule has 118 valence electrons. The van der Waals surface area contributed by atoms with Crippen molar-refractivity contribution in [2.75, 3.05) is 12.3 Å². The third kappa shape index (κ3) is 5.35. The minimum Gasteiger partial charge on any atom is -0.478 e. The average Bonchev–Trinajstić information content (AvgIpc) is 2.37. The van der Waals surface area contributed by atoms with E-state index in [9.17, 15) is 13.2 Å². The number of sulfonamides is 1. The molecule has 0 aliphatic rings. The van der Waals surface area contributed by atoms with Crippen molar-refractivity contribution in [1.29, 1.82) is 0 Å². The summed E-state index contributed by atoms with van der Waals surface area (Å²) in [6, 6.07) is 3.73. The Morgan fingerprint density at radius 2 is 2.00 bits per heavy atom. The van der Waals surface area contributed by atoms with Gasteiger partial charge in [0, 0.05) is 12.2 Å². The van der Waals surface area contributed by atoms with E-state index in [0.717, 1.165) is 12.8 Å². The normalized spacial score (nSPS) is 11.8. The Kier molecular flexibility index (Phi) is 6.17. The van der Waals surface area contributed by atoms with Gasteiger partial charge in [0.15, 0.2) is 0 Å². The molecule has 0 aliphatic carbocycles. The largest absolute Gasteiger partial charge is 0.478 e. The minimum absolute atomic E-state index is 0.209. The van der Waals surface area contributed by atoms with Gasteiger partial charge in [-0.25, -0.2) is 17.9 Å². The van der Waals surface area contributed by atoms with Crippen molar-refractivity contribution in [1.82, 2.24) is 4.72 Å². The number of benzene rings is 1. The molecule has 0 radical (unpaired) electrons. The maximum absolute atomic E-state index is 12.2. The molecule has 0 bridgehead atoms. The first-order chi connectivity index (χ1) is 9.74. The fourth-order valence-corrected chi connectivity index (χ4v) is 3.20. The molecule has 0 aliphatic heterocycles. The van der Waals surface area contributed by atoms with E-state index in [1.807, 2.05) is 0 Å². The highest BCUT2D eigenvalue weighted by Crippen LogP contribution is 2.19. The van der Waals surface area contributed by atoms with E-state index in [1.165, 1.54) is 18.2 Å². The molecule has 1 aromatic carbocycles. The predicted octanol–water partition coefficient (Wildman–Crippen LogP) is 2.07. The van der Waals surface area contributed by atoms with Crippen molar-refractivity contribution in [3.63, 3.8) is 0 Å². The van der Waals surface area contributed by atoms with Crippen LogP contribution in [0.2, 0.25) is 0 Å². The number of unbranched alkanes of at least 4 members (excludes halogenated alkanes) is 1. The van der Waals surface area contributed by atoms with Crippen LogP contribution in [0.1, 0.15) is 43.5 Å². The molecule has 1 aromatic rings. The van der Waals surface area contributed by atoms with Crippen LogP contribution in [-0.4, -0.2) is 26.0 Å². The summed E-state index contributed by atoms with van der Waals surface area (Å²) in [7, 11) is -3.87. The van der Waals surface area contributed by atoms with E-state index in [0.29, 0.717) is 12.3 Å². The van der Waals surface area contributed by atoms with E-state index in [2.05, 4.69) is 18.6 Å². The molecule has 6 nitrogen and oxygen atoms in total. The van der Waals surface area contributed by atoms with Crippen LogP contribution in [0.15, 0.2) is 23.1 Å². The van der Waals surface area contributed by atoms with E-state index < -0.39 is 16.0 Å². The summed E-state index contributed by atoms with van der Waals surface area (Å²) in [5.74, 6) is -0.718. The van der Waals surface area contributed by atoms with Gasteiger partial charge in [-0.3, -0.25) is 0 Å². The maximum atomic E-state index is 12.2. The number of nitrogen functional groups attached to an aromatic ring is 1. The van der Waals surface area contributed by atoms with Crippen molar-refractivity contribution in [3.8, 4) is 0 Å². The first-order valence-corrected chi connectivity index (χ1v) is 8.35. The topological polar surface area (TPSA) is 109 Å². The van der Waals surface area contributed by atoms with Gasteiger partial charge in [-0.05, 0) is 30.5 Å². The molecule has 0 heterocycles. The van der Waals surface area contributed by atoms with Gasteiger partial charge in [0.25, 0.3) is 0 Å². The zero-order valence-corrected chi connectivity index (χ0v) is 13.1. The Hall–Kier alpha value is -1.60.